The number of carbonyl (C=O) groups is 2. The molecule has 0 unspecified atom stereocenters. The Morgan fingerprint density at radius 3 is 2.29 bits per heavy atom. The molecule has 3 aromatic carbocycles. The van der Waals surface area contributed by atoms with Gasteiger partial charge in [0.2, 0.25) is 11.8 Å². The number of amides is 2. The van der Waals surface area contributed by atoms with Crippen molar-refractivity contribution in [1.29, 1.82) is 0 Å². The number of hydrogen-bond acceptors (Lipinski definition) is 4. The summed E-state index contributed by atoms with van der Waals surface area (Å²) in [4.78, 5) is 26.9. The van der Waals surface area contributed by atoms with E-state index in [4.69, 9.17) is 9.47 Å². The first-order valence-corrected chi connectivity index (χ1v) is 10.1. The molecule has 0 aliphatic carbocycles. The summed E-state index contributed by atoms with van der Waals surface area (Å²) in [5, 5.41) is 2.90. The molecule has 1 aliphatic rings. The lowest BCUT2D eigenvalue weighted by Crippen LogP contribution is -2.28. The van der Waals surface area contributed by atoms with Gasteiger partial charge in [-0.3, -0.25) is 9.59 Å². The lowest BCUT2D eigenvalue weighted by atomic mass is 10.1. The molecule has 0 aromatic heterocycles. The minimum atomic E-state index is -0.430. The van der Waals surface area contributed by atoms with Gasteiger partial charge in [-0.05, 0) is 55.5 Å². The third-order valence-electron chi connectivity index (χ3n) is 5.25. The van der Waals surface area contributed by atoms with E-state index in [9.17, 15) is 9.59 Å². The van der Waals surface area contributed by atoms with Gasteiger partial charge >= 0.3 is 0 Å². The van der Waals surface area contributed by atoms with E-state index >= 15 is 0 Å². The second-order valence-corrected chi connectivity index (χ2v) is 7.51. The van der Waals surface area contributed by atoms with Crippen molar-refractivity contribution in [3.8, 4) is 17.2 Å². The summed E-state index contributed by atoms with van der Waals surface area (Å²) in [5.74, 6) is 1.34. The second-order valence-electron chi connectivity index (χ2n) is 7.51. The zero-order chi connectivity index (χ0) is 21.8. The number of para-hydroxylation sites is 2. The smallest absolute Gasteiger partial charge is 0.229 e. The van der Waals surface area contributed by atoms with Crippen molar-refractivity contribution < 1.29 is 19.1 Å². The van der Waals surface area contributed by atoms with Gasteiger partial charge in [0.25, 0.3) is 0 Å². The number of nitrogens with one attached hydrogen (secondary N) is 1. The molecule has 6 heteroatoms. The third-order valence-corrected chi connectivity index (χ3v) is 5.25. The zero-order valence-corrected chi connectivity index (χ0v) is 17.5. The van der Waals surface area contributed by atoms with E-state index in [-0.39, 0.29) is 18.2 Å². The number of nitrogens with zero attached hydrogens (tertiary/aromatic N) is 1. The van der Waals surface area contributed by atoms with E-state index in [0.717, 1.165) is 5.75 Å². The molecule has 1 heterocycles. The fourth-order valence-electron chi connectivity index (χ4n) is 3.56. The van der Waals surface area contributed by atoms with Crippen LogP contribution in [0.4, 0.5) is 11.4 Å². The number of anilines is 2. The van der Waals surface area contributed by atoms with Crippen LogP contribution < -0.4 is 19.7 Å². The lowest BCUT2D eigenvalue weighted by Gasteiger charge is -2.19. The highest BCUT2D eigenvalue weighted by Crippen LogP contribution is 2.33. The van der Waals surface area contributed by atoms with Gasteiger partial charge in [-0.15, -0.1) is 0 Å². The largest absolute Gasteiger partial charge is 0.495 e. The van der Waals surface area contributed by atoms with Crippen molar-refractivity contribution in [2.24, 2.45) is 5.92 Å². The van der Waals surface area contributed by atoms with Crippen LogP contribution in [0.3, 0.4) is 0 Å². The van der Waals surface area contributed by atoms with Crippen LogP contribution in [0.1, 0.15) is 12.0 Å². The Morgan fingerprint density at radius 1 is 0.968 bits per heavy atom. The summed E-state index contributed by atoms with van der Waals surface area (Å²) in [5.41, 5.74) is 2.51. The number of aryl methyl sites for hydroxylation is 1. The first kappa shape index (κ1) is 20.5. The van der Waals surface area contributed by atoms with Gasteiger partial charge in [0.1, 0.15) is 17.2 Å². The molecule has 2 amide bonds. The lowest BCUT2D eigenvalue weighted by molar-refractivity contribution is -0.122. The summed E-state index contributed by atoms with van der Waals surface area (Å²) in [6.07, 6.45) is 0.165. The van der Waals surface area contributed by atoms with Crippen molar-refractivity contribution in [3.63, 3.8) is 0 Å². The predicted octanol–water partition coefficient (Wildman–Crippen LogP) is 4.79. The molecule has 3 aromatic rings. The summed E-state index contributed by atoms with van der Waals surface area (Å²) < 4.78 is 11.2. The van der Waals surface area contributed by atoms with Gasteiger partial charge in [0, 0.05) is 18.7 Å². The Bertz CT molecular complexity index is 1080. The Hall–Kier alpha value is -3.80. The van der Waals surface area contributed by atoms with Crippen molar-refractivity contribution in [3.05, 3.63) is 78.4 Å². The second kappa shape index (κ2) is 8.92. The Balaban J connectivity index is 1.38. The molecule has 1 aliphatic heterocycles. The SMILES string of the molecule is COc1ccccc1N1C[C@@H](C(=O)Nc2ccc(Oc3ccc(C)cc3)cc2)CC1=O. The van der Waals surface area contributed by atoms with E-state index in [1.807, 2.05) is 49.4 Å². The topological polar surface area (TPSA) is 67.9 Å². The molecule has 1 atom stereocenters. The quantitative estimate of drug-likeness (QED) is 0.628. The first-order chi connectivity index (χ1) is 15.0. The number of carbonyl (C=O) groups excluding carboxylic acids is 2. The first-order valence-electron chi connectivity index (χ1n) is 10.1. The molecule has 1 fully saturated rings. The molecule has 0 saturated carbocycles. The van der Waals surface area contributed by atoms with Crippen molar-refractivity contribution >= 4 is 23.2 Å². The van der Waals surface area contributed by atoms with E-state index in [2.05, 4.69) is 5.32 Å². The molecule has 1 N–H and O–H groups in total. The molecule has 1 saturated heterocycles. The molecule has 6 nitrogen and oxygen atoms in total. The molecule has 0 radical (unpaired) electrons. The average Bonchev–Trinajstić information content (AvgIpc) is 3.18. The fourth-order valence-corrected chi connectivity index (χ4v) is 3.56. The third kappa shape index (κ3) is 4.69. The number of methoxy groups -OCH3 is 1. The zero-order valence-electron chi connectivity index (χ0n) is 17.5. The maximum absolute atomic E-state index is 12.7. The Morgan fingerprint density at radius 2 is 1.61 bits per heavy atom. The maximum Gasteiger partial charge on any atom is 0.229 e. The Kier molecular flexibility index (Phi) is 5.89. The van der Waals surface area contributed by atoms with Gasteiger partial charge in [-0.1, -0.05) is 29.8 Å². The standard InChI is InChI=1S/C25H24N2O4/c1-17-7-11-20(12-8-17)31-21-13-9-19(10-14-21)26-25(29)18-15-24(28)27(16-18)22-5-3-4-6-23(22)30-2/h3-14,18H,15-16H2,1-2H3,(H,26,29)/t18-/m0/s1. The van der Waals surface area contributed by atoms with Gasteiger partial charge < -0.3 is 19.7 Å². The van der Waals surface area contributed by atoms with E-state index in [1.165, 1.54) is 5.56 Å². The monoisotopic (exact) mass is 416 g/mol. The van der Waals surface area contributed by atoms with Crippen molar-refractivity contribution in [2.75, 3.05) is 23.9 Å². The number of rotatable bonds is 6. The van der Waals surface area contributed by atoms with Gasteiger partial charge in [-0.25, -0.2) is 0 Å². The van der Waals surface area contributed by atoms with Crippen LogP contribution in [0, 0.1) is 12.8 Å². The molecular weight excluding hydrogens is 392 g/mol. The predicted molar refractivity (Wildman–Crippen MR) is 120 cm³/mol. The fraction of sp³-hybridized carbons (Fsp3) is 0.200. The number of ether oxygens (including phenoxy) is 2. The van der Waals surface area contributed by atoms with Crippen LogP contribution in [0.5, 0.6) is 17.2 Å². The summed E-state index contributed by atoms with van der Waals surface area (Å²) in [6, 6.07) is 22.3. The van der Waals surface area contributed by atoms with Crippen LogP contribution in [0.15, 0.2) is 72.8 Å². The minimum Gasteiger partial charge on any atom is -0.495 e. The highest BCUT2D eigenvalue weighted by Gasteiger charge is 2.36. The summed E-state index contributed by atoms with van der Waals surface area (Å²) >= 11 is 0. The number of hydrogen-bond donors (Lipinski definition) is 1. The van der Waals surface area contributed by atoms with Crippen LogP contribution >= 0.6 is 0 Å². The maximum atomic E-state index is 12.7. The summed E-state index contributed by atoms with van der Waals surface area (Å²) in [6.45, 7) is 2.34. The molecule has 158 valence electrons. The van der Waals surface area contributed by atoms with E-state index in [0.29, 0.717) is 29.4 Å². The van der Waals surface area contributed by atoms with Crippen molar-refractivity contribution in [1.82, 2.24) is 0 Å². The van der Waals surface area contributed by atoms with Gasteiger partial charge in [-0.2, -0.15) is 0 Å². The van der Waals surface area contributed by atoms with Gasteiger partial charge in [0.15, 0.2) is 0 Å². The number of benzene rings is 3. The van der Waals surface area contributed by atoms with Crippen LogP contribution in [-0.2, 0) is 9.59 Å². The Labute approximate surface area is 181 Å². The molecule has 31 heavy (non-hydrogen) atoms. The van der Waals surface area contributed by atoms with E-state index in [1.54, 1.807) is 42.3 Å². The molecular formula is C25H24N2O4. The van der Waals surface area contributed by atoms with Crippen molar-refractivity contribution in [2.45, 2.75) is 13.3 Å². The van der Waals surface area contributed by atoms with E-state index < -0.39 is 5.92 Å². The van der Waals surface area contributed by atoms with Crippen LogP contribution in [-0.4, -0.2) is 25.5 Å². The highest BCUT2D eigenvalue weighted by atomic mass is 16.5. The normalized spacial score (nSPS) is 15.6. The average molecular weight is 416 g/mol. The van der Waals surface area contributed by atoms with Crippen LogP contribution in [0.25, 0.3) is 0 Å². The molecule has 0 bridgehead atoms. The van der Waals surface area contributed by atoms with Gasteiger partial charge in [0.05, 0.1) is 18.7 Å². The van der Waals surface area contributed by atoms with Crippen LogP contribution in [0.2, 0.25) is 0 Å². The molecule has 0 spiro atoms. The summed E-state index contributed by atoms with van der Waals surface area (Å²) in [7, 11) is 1.57. The molecule has 4 rings (SSSR count). The highest BCUT2D eigenvalue weighted by molar-refractivity contribution is 6.04. The minimum absolute atomic E-state index is 0.0912.